The Morgan fingerprint density at radius 1 is 1.56 bits per heavy atom. The van der Waals surface area contributed by atoms with Crippen molar-refractivity contribution < 1.29 is 9.53 Å². The molecule has 0 aliphatic carbocycles. The highest BCUT2D eigenvalue weighted by Crippen LogP contribution is 2.25. The second-order valence-corrected chi connectivity index (χ2v) is 5.39. The standard InChI is InChI=1S/C12H20ClNO2/c1-9(8-13)10-6-5-7-14(10)11(15)16-12(2,3)4/h10H,1,5-8H2,2-4H3. The van der Waals surface area contributed by atoms with Crippen LogP contribution in [0.5, 0.6) is 0 Å². The first-order valence-corrected chi connectivity index (χ1v) is 6.12. The third-order valence-electron chi connectivity index (χ3n) is 2.52. The molecule has 0 aromatic carbocycles. The molecule has 1 heterocycles. The first-order valence-electron chi connectivity index (χ1n) is 5.58. The van der Waals surface area contributed by atoms with E-state index in [0.717, 1.165) is 25.0 Å². The second-order valence-electron chi connectivity index (χ2n) is 5.12. The van der Waals surface area contributed by atoms with Gasteiger partial charge in [-0.2, -0.15) is 0 Å². The smallest absolute Gasteiger partial charge is 0.410 e. The van der Waals surface area contributed by atoms with Crippen LogP contribution in [0.4, 0.5) is 4.79 Å². The summed E-state index contributed by atoms with van der Waals surface area (Å²) in [5.74, 6) is 0.393. The predicted molar refractivity (Wildman–Crippen MR) is 65.8 cm³/mol. The summed E-state index contributed by atoms with van der Waals surface area (Å²) < 4.78 is 5.35. The Morgan fingerprint density at radius 2 is 2.19 bits per heavy atom. The molecule has 1 aliphatic rings. The third kappa shape index (κ3) is 3.41. The van der Waals surface area contributed by atoms with Gasteiger partial charge in [-0.1, -0.05) is 6.58 Å². The summed E-state index contributed by atoms with van der Waals surface area (Å²) in [5.41, 5.74) is 0.442. The molecule has 4 heteroatoms. The molecule has 16 heavy (non-hydrogen) atoms. The van der Waals surface area contributed by atoms with Crippen molar-refractivity contribution in [3.8, 4) is 0 Å². The molecule has 0 radical (unpaired) electrons. The van der Waals surface area contributed by atoms with Crippen LogP contribution in [0.15, 0.2) is 12.2 Å². The minimum absolute atomic E-state index is 0.0485. The van der Waals surface area contributed by atoms with Crippen molar-refractivity contribution in [3.63, 3.8) is 0 Å². The normalized spacial score (nSPS) is 21.0. The zero-order valence-electron chi connectivity index (χ0n) is 10.3. The van der Waals surface area contributed by atoms with Crippen LogP contribution in [-0.4, -0.2) is 35.1 Å². The molecule has 0 spiro atoms. The fourth-order valence-electron chi connectivity index (χ4n) is 1.82. The summed E-state index contributed by atoms with van der Waals surface area (Å²) >= 11 is 5.76. The number of likely N-dealkylation sites (tertiary alicyclic amines) is 1. The summed E-state index contributed by atoms with van der Waals surface area (Å²) in [4.78, 5) is 13.6. The zero-order valence-corrected chi connectivity index (χ0v) is 11.0. The fraction of sp³-hybridized carbons (Fsp3) is 0.750. The van der Waals surface area contributed by atoms with E-state index in [4.69, 9.17) is 16.3 Å². The van der Waals surface area contributed by atoms with Gasteiger partial charge in [-0.3, -0.25) is 0 Å². The van der Waals surface area contributed by atoms with Crippen LogP contribution in [0.1, 0.15) is 33.6 Å². The SMILES string of the molecule is C=C(CCl)C1CCCN1C(=O)OC(C)(C)C. The Morgan fingerprint density at radius 3 is 2.69 bits per heavy atom. The lowest BCUT2D eigenvalue weighted by Gasteiger charge is -2.29. The van der Waals surface area contributed by atoms with E-state index in [1.54, 1.807) is 4.90 Å². The van der Waals surface area contributed by atoms with Gasteiger partial charge in [0.1, 0.15) is 5.60 Å². The average molecular weight is 246 g/mol. The van der Waals surface area contributed by atoms with E-state index in [2.05, 4.69) is 6.58 Å². The number of alkyl halides is 1. The Bertz CT molecular complexity index is 283. The summed E-state index contributed by atoms with van der Waals surface area (Å²) in [5, 5.41) is 0. The first-order chi connectivity index (χ1) is 7.35. The topological polar surface area (TPSA) is 29.5 Å². The molecular weight excluding hydrogens is 226 g/mol. The highest BCUT2D eigenvalue weighted by atomic mass is 35.5. The van der Waals surface area contributed by atoms with Crippen molar-refractivity contribution in [2.75, 3.05) is 12.4 Å². The van der Waals surface area contributed by atoms with Gasteiger partial charge in [0.25, 0.3) is 0 Å². The van der Waals surface area contributed by atoms with Crippen molar-refractivity contribution >= 4 is 17.7 Å². The van der Waals surface area contributed by atoms with Crippen molar-refractivity contribution in [2.24, 2.45) is 0 Å². The predicted octanol–water partition coefficient (Wildman–Crippen LogP) is 3.18. The highest BCUT2D eigenvalue weighted by molar-refractivity contribution is 6.19. The Hall–Kier alpha value is -0.700. The number of halogens is 1. The quantitative estimate of drug-likeness (QED) is 0.552. The molecule has 1 fully saturated rings. The first kappa shape index (κ1) is 13.4. The number of amides is 1. The Kier molecular flexibility index (Phi) is 4.25. The van der Waals surface area contributed by atoms with E-state index in [0.29, 0.717) is 5.88 Å². The number of ether oxygens (including phenoxy) is 1. The van der Waals surface area contributed by atoms with Gasteiger partial charge in [-0.15, -0.1) is 11.6 Å². The fourth-order valence-corrected chi connectivity index (χ4v) is 2.00. The summed E-state index contributed by atoms with van der Waals surface area (Å²) in [6, 6.07) is 0.0485. The molecule has 0 bridgehead atoms. The summed E-state index contributed by atoms with van der Waals surface area (Å²) in [7, 11) is 0. The number of carbonyl (C=O) groups excluding carboxylic acids is 1. The molecule has 1 unspecified atom stereocenters. The maximum Gasteiger partial charge on any atom is 0.410 e. The van der Waals surface area contributed by atoms with E-state index in [-0.39, 0.29) is 12.1 Å². The van der Waals surface area contributed by atoms with Gasteiger partial charge >= 0.3 is 6.09 Å². The van der Waals surface area contributed by atoms with Crippen molar-refractivity contribution in [1.29, 1.82) is 0 Å². The van der Waals surface area contributed by atoms with Crippen LogP contribution in [0.3, 0.4) is 0 Å². The van der Waals surface area contributed by atoms with Gasteiger partial charge in [-0.25, -0.2) is 4.79 Å². The Balaban J connectivity index is 2.65. The van der Waals surface area contributed by atoms with Crippen molar-refractivity contribution in [1.82, 2.24) is 4.90 Å². The molecule has 0 aromatic rings. The number of nitrogens with zero attached hydrogens (tertiary/aromatic N) is 1. The molecule has 1 saturated heterocycles. The molecule has 1 atom stereocenters. The van der Waals surface area contributed by atoms with Crippen LogP contribution in [0.2, 0.25) is 0 Å². The van der Waals surface area contributed by atoms with E-state index < -0.39 is 5.60 Å². The molecular formula is C12H20ClNO2. The maximum absolute atomic E-state index is 11.9. The molecule has 92 valence electrons. The lowest BCUT2D eigenvalue weighted by atomic mass is 10.1. The highest BCUT2D eigenvalue weighted by Gasteiger charge is 2.33. The summed E-state index contributed by atoms with van der Waals surface area (Å²) in [6.07, 6.45) is 1.66. The summed E-state index contributed by atoms with van der Waals surface area (Å²) in [6.45, 7) is 10.2. The molecule has 0 N–H and O–H groups in total. The monoisotopic (exact) mass is 245 g/mol. The molecule has 0 aromatic heterocycles. The van der Waals surface area contributed by atoms with E-state index >= 15 is 0 Å². The third-order valence-corrected chi connectivity index (χ3v) is 2.87. The van der Waals surface area contributed by atoms with E-state index in [9.17, 15) is 4.79 Å². The van der Waals surface area contributed by atoms with E-state index in [1.807, 2.05) is 20.8 Å². The van der Waals surface area contributed by atoms with Crippen LogP contribution < -0.4 is 0 Å². The van der Waals surface area contributed by atoms with Crippen molar-refractivity contribution in [3.05, 3.63) is 12.2 Å². The van der Waals surface area contributed by atoms with Crippen molar-refractivity contribution in [2.45, 2.75) is 45.3 Å². The number of rotatable bonds is 2. The minimum Gasteiger partial charge on any atom is -0.444 e. The van der Waals surface area contributed by atoms with Gasteiger partial charge in [0.15, 0.2) is 0 Å². The van der Waals surface area contributed by atoms with Gasteiger partial charge in [0.05, 0.1) is 6.04 Å². The minimum atomic E-state index is -0.452. The molecule has 1 aliphatic heterocycles. The zero-order chi connectivity index (χ0) is 12.3. The van der Waals surface area contributed by atoms with Crippen LogP contribution in [0, 0.1) is 0 Å². The average Bonchev–Trinajstić information content (AvgIpc) is 2.62. The van der Waals surface area contributed by atoms with Crippen LogP contribution in [0.25, 0.3) is 0 Å². The maximum atomic E-state index is 11.9. The van der Waals surface area contributed by atoms with Gasteiger partial charge in [-0.05, 0) is 39.2 Å². The van der Waals surface area contributed by atoms with Gasteiger partial charge < -0.3 is 9.64 Å². The Labute approximate surface area is 102 Å². The molecule has 3 nitrogen and oxygen atoms in total. The number of carbonyl (C=O) groups is 1. The van der Waals surface area contributed by atoms with Crippen LogP contribution >= 0.6 is 11.6 Å². The number of hydrogen-bond acceptors (Lipinski definition) is 2. The van der Waals surface area contributed by atoms with Crippen LogP contribution in [-0.2, 0) is 4.74 Å². The van der Waals surface area contributed by atoms with E-state index in [1.165, 1.54) is 0 Å². The lowest BCUT2D eigenvalue weighted by Crippen LogP contribution is -2.40. The second kappa shape index (κ2) is 5.09. The largest absolute Gasteiger partial charge is 0.444 e. The number of hydrogen-bond donors (Lipinski definition) is 0. The molecule has 1 amide bonds. The molecule has 0 saturated carbocycles. The lowest BCUT2D eigenvalue weighted by molar-refractivity contribution is 0.0249. The van der Waals surface area contributed by atoms with Gasteiger partial charge in [0, 0.05) is 12.4 Å². The molecule has 1 rings (SSSR count). The van der Waals surface area contributed by atoms with Gasteiger partial charge in [0.2, 0.25) is 0 Å².